The molecule has 3 heteroatoms. The first-order valence-corrected chi connectivity index (χ1v) is 10.6. The predicted molar refractivity (Wildman–Crippen MR) is 124 cm³/mol. The molecule has 0 spiro atoms. The van der Waals surface area contributed by atoms with Crippen LogP contribution in [0.25, 0.3) is 12.2 Å². The molecule has 0 atom stereocenters. The third-order valence-corrected chi connectivity index (χ3v) is 5.68. The highest BCUT2D eigenvalue weighted by Crippen LogP contribution is 2.17. The lowest BCUT2D eigenvalue weighted by Crippen LogP contribution is -3.00. The Kier molecular flexibility index (Phi) is 9.85. The molecule has 158 valence electrons. The quantitative estimate of drug-likeness (QED) is 0.329. The SMILES string of the molecule is CC[N+](CC)(CCOc1ccc(/C=C/c2ccccc2)cc1)Cc1ccccc1.[Br-]. The highest BCUT2D eigenvalue weighted by Gasteiger charge is 2.23. The number of benzene rings is 3. The molecule has 3 aromatic carbocycles. The van der Waals surface area contributed by atoms with E-state index in [-0.39, 0.29) is 17.0 Å². The molecule has 0 amide bonds. The van der Waals surface area contributed by atoms with E-state index in [2.05, 4.69) is 105 Å². The van der Waals surface area contributed by atoms with Crippen LogP contribution in [-0.4, -0.2) is 30.7 Å². The highest BCUT2D eigenvalue weighted by atomic mass is 79.9. The molecule has 0 aliphatic carbocycles. The van der Waals surface area contributed by atoms with Gasteiger partial charge in [0.15, 0.2) is 0 Å². The van der Waals surface area contributed by atoms with Crippen molar-refractivity contribution in [2.24, 2.45) is 0 Å². The van der Waals surface area contributed by atoms with Crippen molar-refractivity contribution >= 4 is 12.2 Å². The Labute approximate surface area is 192 Å². The minimum Gasteiger partial charge on any atom is -1.00 e. The fourth-order valence-corrected chi connectivity index (χ4v) is 3.60. The Balaban J connectivity index is 0.00000320. The van der Waals surface area contributed by atoms with Gasteiger partial charge < -0.3 is 26.2 Å². The van der Waals surface area contributed by atoms with Crippen molar-refractivity contribution < 1.29 is 26.2 Å². The summed E-state index contributed by atoms with van der Waals surface area (Å²) in [4.78, 5) is 0. The number of halogens is 1. The number of ether oxygens (including phenoxy) is 1. The summed E-state index contributed by atoms with van der Waals surface area (Å²) in [5.41, 5.74) is 3.78. The third kappa shape index (κ3) is 7.16. The normalized spacial score (nSPS) is 11.3. The summed E-state index contributed by atoms with van der Waals surface area (Å²) in [6, 6.07) is 29.5. The van der Waals surface area contributed by atoms with Gasteiger partial charge in [-0.2, -0.15) is 0 Å². The molecule has 3 rings (SSSR count). The fourth-order valence-electron chi connectivity index (χ4n) is 3.60. The molecule has 0 saturated heterocycles. The van der Waals surface area contributed by atoms with Gasteiger partial charge in [-0.05, 0) is 37.1 Å². The average molecular weight is 466 g/mol. The summed E-state index contributed by atoms with van der Waals surface area (Å²) in [7, 11) is 0. The Morgan fingerprint density at radius 3 is 1.80 bits per heavy atom. The average Bonchev–Trinajstić information content (AvgIpc) is 2.79. The molecule has 2 nitrogen and oxygen atoms in total. The number of hydrogen-bond donors (Lipinski definition) is 0. The van der Waals surface area contributed by atoms with Crippen molar-refractivity contribution in [3.05, 3.63) is 102 Å². The molecule has 0 aromatic heterocycles. The topological polar surface area (TPSA) is 9.23 Å². The van der Waals surface area contributed by atoms with E-state index in [1.165, 1.54) is 16.7 Å². The lowest BCUT2D eigenvalue weighted by molar-refractivity contribution is -0.937. The van der Waals surface area contributed by atoms with Crippen molar-refractivity contribution in [2.75, 3.05) is 26.2 Å². The number of nitrogens with zero attached hydrogens (tertiary/aromatic N) is 1. The predicted octanol–water partition coefficient (Wildman–Crippen LogP) is 3.30. The second kappa shape index (κ2) is 12.4. The Hall–Kier alpha value is -2.36. The van der Waals surface area contributed by atoms with Gasteiger partial charge in [0.1, 0.15) is 25.4 Å². The molecule has 0 heterocycles. The Morgan fingerprint density at radius 1 is 0.700 bits per heavy atom. The van der Waals surface area contributed by atoms with Crippen molar-refractivity contribution in [3.8, 4) is 5.75 Å². The summed E-state index contributed by atoms with van der Waals surface area (Å²) < 4.78 is 7.12. The van der Waals surface area contributed by atoms with E-state index in [1.54, 1.807) is 0 Å². The van der Waals surface area contributed by atoms with Gasteiger partial charge >= 0.3 is 0 Å². The zero-order chi connectivity index (χ0) is 20.4. The van der Waals surface area contributed by atoms with Crippen molar-refractivity contribution in [1.29, 1.82) is 0 Å². The molecule has 30 heavy (non-hydrogen) atoms. The Morgan fingerprint density at radius 2 is 1.23 bits per heavy atom. The van der Waals surface area contributed by atoms with Gasteiger partial charge in [-0.25, -0.2) is 0 Å². The summed E-state index contributed by atoms with van der Waals surface area (Å²) in [6.45, 7) is 9.57. The zero-order valence-corrected chi connectivity index (χ0v) is 19.6. The highest BCUT2D eigenvalue weighted by molar-refractivity contribution is 5.69. The lowest BCUT2D eigenvalue weighted by atomic mass is 10.1. The monoisotopic (exact) mass is 465 g/mol. The molecule has 0 aliphatic heterocycles. The van der Waals surface area contributed by atoms with Crippen LogP contribution in [0.15, 0.2) is 84.9 Å². The molecule has 0 bridgehead atoms. The number of likely N-dealkylation sites (N-methyl/N-ethyl adjacent to an activating group) is 1. The van der Waals surface area contributed by atoms with E-state index in [0.29, 0.717) is 0 Å². The minimum absolute atomic E-state index is 0. The summed E-state index contributed by atoms with van der Waals surface area (Å²) in [5.74, 6) is 0.937. The largest absolute Gasteiger partial charge is 1.00 e. The maximum atomic E-state index is 6.08. The third-order valence-electron chi connectivity index (χ3n) is 5.68. The van der Waals surface area contributed by atoms with Crippen molar-refractivity contribution in [2.45, 2.75) is 20.4 Å². The fraction of sp³-hybridized carbons (Fsp3) is 0.259. The standard InChI is InChI=1S/C27H32NO.BrH/c1-3-28(4-2,23-26-13-9-6-10-14-26)21-22-29-27-19-17-25(18-20-27)16-15-24-11-7-5-8-12-24;/h5-20H,3-4,21-23H2,1-2H3;1H/q+1;/p-1/b16-15+;. The Bertz CT molecular complexity index is 872. The van der Waals surface area contributed by atoms with Gasteiger partial charge in [-0.3, -0.25) is 0 Å². The summed E-state index contributed by atoms with van der Waals surface area (Å²) in [6.07, 6.45) is 4.27. The van der Waals surface area contributed by atoms with Gasteiger partial charge in [0.25, 0.3) is 0 Å². The van der Waals surface area contributed by atoms with Crippen LogP contribution in [0.1, 0.15) is 30.5 Å². The van der Waals surface area contributed by atoms with E-state index in [1.807, 2.05) is 6.07 Å². The molecule has 0 fully saturated rings. The molecule has 0 radical (unpaired) electrons. The molecular formula is C27H32BrNO. The second-order valence-corrected chi connectivity index (χ2v) is 7.50. The van der Waals surface area contributed by atoms with Gasteiger partial charge in [-0.15, -0.1) is 0 Å². The van der Waals surface area contributed by atoms with Crippen LogP contribution in [0.2, 0.25) is 0 Å². The van der Waals surface area contributed by atoms with E-state index in [4.69, 9.17) is 4.74 Å². The van der Waals surface area contributed by atoms with Crippen LogP contribution in [0.4, 0.5) is 0 Å². The van der Waals surface area contributed by atoms with Gasteiger partial charge in [0.2, 0.25) is 0 Å². The summed E-state index contributed by atoms with van der Waals surface area (Å²) >= 11 is 0. The zero-order valence-electron chi connectivity index (χ0n) is 18.0. The number of rotatable bonds is 10. The van der Waals surface area contributed by atoms with Crippen LogP contribution in [0.3, 0.4) is 0 Å². The van der Waals surface area contributed by atoms with E-state index < -0.39 is 0 Å². The van der Waals surface area contributed by atoms with Gasteiger partial charge in [-0.1, -0.05) is 84.9 Å². The molecular weight excluding hydrogens is 434 g/mol. The maximum Gasteiger partial charge on any atom is 0.137 e. The first-order valence-electron chi connectivity index (χ1n) is 10.6. The minimum atomic E-state index is 0. The molecule has 3 aromatic rings. The van der Waals surface area contributed by atoms with E-state index in [9.17, 15) is 0 Å². The smallest absolute Gasteiger partial charge is 0.137 e. The summed E-state index contributed by atoms with van der Waals surface area (Å²) in [5, 5.41) is 0. The van der Waals surface area contributed by atoms with Gasteiger partial charge in [0, 0.05) is 5.56 Å². The molecule has 0 unspecified atom stereocenters. The lowest BCUT2D eigenvalue weighted by Gasteiger charge is -2.37. The van der Waals surface area contributed by atoms with Crippen LogP contribution >= 0.6 is 0 Å². The van der Waals surface area contributed by atoms with Crippen LogP contribution < -0.4 is 21.7 Å². The molecule has 0 aliphatic rings. The number of hydrogen-bond acceptors (Lipinski definition) is 1. The second-order valence-electron chi connectivity index (χ2n) is 7.50. The van der Waals surface area contributed by atoms with E-state index >= 15 is 0 Å². The number of quaternary nitrogens is 1. The molecule has 0 saturated carbocycles. The first-order chi connectivity index (χ1) is 14.2. The van der Waals surface area contributed by atoms with Gasteiger partial charge in [0.05, 0.1) is 13.1 Å². The first kappa shape index (κ1) is 23.9. The maximum absolute atomic E-state index is 6.08. The van der Waals surface area contributed by atoms with Crippen molar-refractivity contribution in [1.82, 2.24) is 0 Å². The van der Waals surface area contributed by atoms with Crippen LogP contribution in [0, 0.1) is 0 Å². The van der Waals surface area contributed by atoms with Crippen molar-refractivity contribution in [3.63, 3.8) is 0 Å². The van der Waals surface area contributed by atoms with E-state index in [0.717, 1.165) is 43.0 Å². The molecule has 0 N–H and O–H groups in total. The van der Waals surface area contributed by atoms with Crippen LogP contribution in [-0.2, 0) is 6.54 Å². The van der Waals surface area contributed by atoms with Crippen LogP contribution in [0.5, 0.6) is 5.75 Å².